The van der Waals surface area contributed by atoms with E-state index in [1.807, 2.05) is 0 Å². The summed E-state index contributed by atoms with van der Waals surface area (Å²) < 4.78 is 65.7. The Hall–Kier alpha value is -3.40. The molecule has 1 aromatic heterocycles. The zero-order valence-corrected chi connectivity index (χ0v) is 15.5. The molecule has 10 heteroatoms. The van der Waals surface area contributed by atoms with Crippen LogP contribution < -0.4 is 10.0 Å². The van der Waals surface area contributed by atoms with E-state index in [1.54, 1.807) is 6.07 Å². The number of hydrogen-bond donors (Lipinski definition) is 2. The van der Waals surface area contributed by atoms with E-state index >= 15 is 0 Å². The summed E-state index contributed by atoms with van der Waals surface area (Å²) in [6.45, 7) is 0. The smallest absolute Gasteiger partial charge is 0.322 e. The van der Waals surface area contributed by atoms with Gasteiger partial charge in [0.1, 0.15) is 0 Å². The molecule has 0 atom stereocenters. The highest BCUT2D eigenvalue weighted by Gasteiger charge is 2.30. The number of amides is 1. The number of carbonyl (C=O) groups excluding carboxylic acids is 1. The van der Waals surface area contributed by atoms with Gasteiger partial charge in [-0.05, 0) is 48.5 Å². The summed E-state index contributed by atoms with van der Waals surface area (Å²) in [6, 6.07) is 12.3. The van der Waals surface area contributed by atoms with Gasteiger partial charge in [0, 0.05) is 23.8 Å². The summed E-state index contributed by atoms with van der Waals surface area (Å²) in [4.78, 5) is 15.8. The zero-order chi connectivity index (χ0) is 21.1. The van der Waals surface area contributed by atoms with Crippen LogP contribution in [-0.2, 0) is 16.2 Å². The Morgan fingerprint density at radius 1 is 0.931 bits per heavy atom. The summed E-state index contributed by atoms with van der Waals surface area (Å²) >= 11 is 0. The van der Waals surface area contributed by atoms with Crippen LogP contribution in [0.3, 0.4) is 0 Å². The van der Waals surface area contributed by atoms with Crippen molar-refractivity contribution in [1.82, 2.24) is 4.98 Å². The number of aromatic nitrogens is 1. The minimum atomic E-state index is -4.60. The topological polar surface area (TPSA) is 88.2 Å². The number of nitrogens with zero attached hydrogens (tertiary/aromatic N) is 1. The van der Waals surface area contributed by atoms with Crippen molar-refractivity contribution >= 4 is 27.3 Å². The molecule has 2 aromatic carbocycles. The van der Waals surface area contributed by atoms with Crippen LogP contribution in [0.1, 0.15) is 15.9 Å². The summed E-state index contributed by atoms with van der Waals surface area (Å²) in [6.07, 6.45) is -1.74. The first-order valence-corrected chi connectivity index (χ1v) is 9.65. The van der Waals surface area contributed by atoms with E-state index in [0.717, 1.165) is 12.1 Å². The van der Waals surface area contributed by atoms with Crippen molar-refractivity contribution < 1.29 is 26.4 Å². The molecule has 150 valence electrons. The lowest BCUT2D eigenvalue weighted by atomic mass is 10.2. The normalized spacial score (nSPS) is 11.7. The number of rotatable bonds is 5. The fourth-order valence-electron chi connectivity index (χ4n) is 2.41. The first-order valence-electron chi connectivity index (χ1n) is 8.17. The maximum atomic E-state index is 12.8. The predicted octanol–water partition coefficient (Wildman–Crippen LogP) is 4.15. The van der Waals surface area contributed by atoms with E-state index < -0.39 is 27.7 Å². The monoisotopic (exact) mass is 421 g/mol. The van der Waals surface area contributed by atoms with E-state index in [-0.39, 0.29) is 21.8 Å². The highest BCUT2D eigenvalue weighted by molar-refractivity contribution is 7.92. The maximum Gasteiger partial charge on any atom is 0.416 e. The molecule has 0 bridgehead atoms. The van der Waals surface area contributed by atoms with E-state index in [2.05, 4.69) is 15.0 Å². The third kappa shape index (κ3) is 5.11. The van der Waals surface area contributed by atoms with Crippen LogP contribution in [0.2, 0.25) is 0 Å². The lowest BCUT2D eigenvalue weighted by Crippen LogP contribution is -2.15. The number of sulfonamides is 1. The van der Waals surface area contributed by atoms with E-state index in [1.165, 1.54) is 48.8 Å². The van der Waals surface area contributed by atoms with Crippen molar-refractivity contribution in [2.45, 2.75) is 11.1 Å². The quantitative estimate of drug-likeness (QED) is 0.648. The van der Waals surface area contributed by atoms with Crippen LogP contribution in [0, 0.1) is 0 Å². The summed E-state index contributed by atoms with van der Waals surface area (Å²) in [7, 11) is -4.18. The van der Waals surface area contributed by atoms with E-state index in [4.69, 9.17) is 0 Å². The number of pyridine rings is 1. The summed E-state index contributed by atoms with van der Waals surface area (Å²) in [5, 5.41) is 2.54. The Labute approximate surface area is 164 Å². The van der Waals surface area contributed by atoms with Gasteiger partial charge in [0.25, 0.3) is 15.9 Å². The van der Waals surface area contributed by atoms with Gasteiger partial charge in [0.05, 0.1) is 16.0 Å². The summed E-state index contributed by atoms with van der Waals surface area (Å²) in [5.74, 6) is -0.488. The molecule has 29 heavy (non-hydrogen) atoms. The average molecular weight is 421 g/mol. The molecule has 0 aliphatic rings. The van der Waals surface area contributed by atoms with Crippen molar-refractivity contribution in [3.05, 3.63) is 84.2 Å². The Bertz CT molecular complexity index is 1130. The number of nitrogens with one attached hydrogen (secondary N) is 2. The number of alkyl halides is 3. The van der Waals surface area contributed by atoms with Crippen LogP contribution in [0.4, 0.5) is 24.5 Å². The van der Waals surface area contributed by atoms with Gasteiger partial charge in [-0.2, -0.15) is 13.2 Å². The van der Waals surface area contributed by atoms with Crippen LogP contribution >= 0.6 is 0 Å². The van der Waals surface area contributed by atoms with Crippen LogP contribution in [-0.4, -0.2) is 19.3 Å². The highest BCUT2D eigenvalue weighted by Crippen LogP contribution is 2.31. The van der Waals surface area contributed by atoms with Crippen molar-refractivity contribution in [2.75, 3.05) is 10.0 Å². The van der Waals surface area contributed by atoms with Crippen LogP contribution in [0.25, 0.3) is 0 Å². The molecule has 0 aliphatic heterocycles. The molecular formula is C19H14F3N3O3S. The molecule has 0 unspecified atom stereocenters. The number of halogens is 3. The van der Waals surface area contributed by atoms with Crippen molar-refractivity contribution in [3.8, 4) is 0 Å². The number of hydrogen-bond acceptors (Lipinski definition) is 4. The fourth-order valence-corrected chi connectivity index (χ4v) is 3.51. The molecule has 2 N–H and O–H groups in total. The molecule has 0 aliphatic carbocycles. The SMILES string of the molecule is O=C(Nc1cccc(S(=O)(=O)Nc2cccc(C(F)(F)F)c2)c1)c1cccnc1. The van der Waals surface area contributed by atoms with E-state index in [0.29, 0.717) is 6.07 Å². The zero-order valence-electron chi connectivity index (χ0n) is 14.6. The molecule has 1 heterocycles. The Morgan fingerprint density at radius 3 is 2.34 bits per heavy atom. The number of carbonyl (C=O) groups is 1. The molecule has 6 nitrogen and oxygen atoms in total. The Balaban J connectivity index is 1.81. The van der Waals surface area contributed by atoms with Gasteiger partial charge < -0.3 is 5.32 Å². The van der Waals surface area contributed by atoms with Crippen molar-refractivity contribution in [1.29, 1.82) is 0 Å². The minimum absolute atomic E-state index is 0.200. The standard InChI is InChI=1S/C19H14F3N3O3S/c20-19(21,22)14-5-1-7-16(10-14)25-29(27,28)17-8-2-6-15(11-17)24-18(26)13-4-3-9-23-12-13/h1-12,25H,(H,24,26). The largest absolute Gasteiger partial charge is 0.416 e. The van der Waals surface area contributed by atoms with Gasteiger partial charge in [-0.25, -0.2) is 8.42 Å². The fraction of sp³-hybridized carbons (Fsp3) is 0.0526. The molecule has 3 rings (SSSR count). The summed E-state index contributed by atoms with van der Waals surface area (Å²) in [5.41, 5.74) is -0.728. The van der Waals surface area contributed by atoms with Gasteiger partial charge in [-0.15, -0.1) is 0 Å². The average Bonchev–Trinajstić information content (AvgIpc) is 2.68. The van der Waals surface area contributed by atoms with Crippen LogP contribution in [0.15, 0.2) is 78.0 Å². The molecule has 0 saturated heterocycles. The van der Waals surface area contributed by atoms with Crippen molar-refractivity contribution in [3.63, 3.8) is 0 Å². The highest BCUT2D eigenvalue weighted by atomic mass is 32.2. The first-order chi connectivity index (χ1) is 13.6. The lowest BCUT2D eigenvalue weighted by Gasteiger charge is -2.12. The molecule has 0 saturated carbocycles. The number of anilines is 2. The Kier molecular flexibility index (Phi) is 5.55. The second-order valence-corrected chi connectivity index (χ2v) is 7.59. The minimum Gasteiger partial charge on any atom is -0.322 e. The first kappa shape index (κ1) is 20.3. The second-order valence-electron chi connectivity index (χ2n) is 5.91. The lowest BCUT2D eigenvalue weighted by molar-refractivity contribution is -0.137. The molecule has 1 amide bonds. The number of benzene rings is 2. The predicted molar refractivity (Wildman–Crippen MR) is 101 cm³/mol. The molecule has 0 spiro atoms. The van der Waals surface area contributed by atoms with Gasteiger partial charge in [-0.3, -0.25) is 14.5 Å². The Morgan fingerprint density at radius 2 is 1.66 bits per heavy atom. The third-order valence-electron chi connectivity index (χ3n) is 3.77. The molecule has 0 radical (unpaired) electrons. The van der Waals surface area contributed by atoms with Crippen molar-refractivity contribution in [2.24, 2.45) is 0 Å². The molecule has 0 fully saturated rings. The van der Waals surface area contributed by atoms with Gasteiger partial charge in [-0.1, -0.05) is 12.1 Å². The van der Waals surface area contributed by atoms with E-state index in [9.17, 15) is 26.4 Å². The van der Waals surface area contributed by atoms with Gasteiger partial charge in [0.2, 0.25) is 0 Å². The van der Waals surface area contributed by atoms with Crippen LogP contribution in [0.5, 0.6) is 0 Å². The molecule has 3 aromatic rings. The maximum absolute atomic E-state index is 12.8. The molecular weight excluding hydrogens is 407 g/mol. The van der Waals surface area contributed by atoms with Gasteiger partial charge >= 0.3 is 6.18 Å². The third-order valence-corrected chi connectivity index (χ3v) is 5.15. The van der Waals surface area contributed by atoms with Gasteiger partial charge in [0.15, 0.2) is 0 Å². The second kappa shape index (κ2) is 7.92.